The number of likely N-dealkylation sites (tertiary alicyclic amines) is 1. The number of nitrogens with one attached hydrogen (secondary N) is 1. The lowest BCUT2D eigenvalue weighted by Gasteiger charge is -2.30. The Balaban J connectivity index is 1.70. The minimum Gasteiger partial charge on any atom is -0.494 e. The molecule has 33 heavy (non-hydrogen) atoms. The SMILES string of the molecule is Cc1cc(OCCCC2CCN(C(=O)N=C(N)C(C)(F)F)CC2)ccc1C(=O)NCCCN. The minimum absolute atomic E-state index is 0.117. The van der Waals surface area contributed by atoms with E-state index in [2.05, 4.69) is 10.3 Å². The summed E-state index contributed by atoms with van der Waals surface area (Å²) in [6.07, 6.45) is 4.11. The molecule has 1 aliphatic heterocycles. The maximum absolute atomic E-state index is 13.1. The van der Waals surface area contributed by atoms with Gasteiger partial charge >= 0.3 is 12.0 Å². The van der Waals surface area contributed by atoms with Crippen LogP contribution in [0.2, 0.25) is 0 Å². The number of nitrogens with two attached hydrogens (primary N) is 2. The van der Waals surface area contributed by atoms with Gasteiger partial charge in [0.15, 0.2) is 5.84 Å². The molecule has 1 saturated heterocycles. The number of alkyl halides is 2. The lowest BCUT2D eigenvalue weighted by atomic mass is 9.92. The first-order chi connectivity index (χ1) is 15.6. The summed E-state index contributed by atoms with van der Waals surface area (Å²) in [5.41, 5.74) is 12.1. The van der Waals surface area contributed by atoms with E-state index in [-0.39, 0.29) is 5.91 Å². The van der Waals surface area contributed by atoms with Gasteiger partial charge in [0.2, 0.25) is 0 Å². The summed E-state index contributed by atoms with van der Waals surface area (Å²) < 4.78 is 32.0. The molecule has 1 aromatic carbocycles. The fourth-order valence-electron chi connectivity index (χ4n) is 3.63. The number of amides is 3. The standard InChI is InChI=1S/C23H35F2N5O3/c1-16-15-18(6-7-19(16)20(31)28-11-4-10-26)33-14-3-5-17-8-12-30(13-9-17)22(32)29-21(27)23(2,24)25/h6-7,15,17H,3-5,8-14,26H2,1-2H3,(H,28,31)(H2,27,29,32). The van der Waals surface area contributed by atoms with Crippen LogP contribution in [0.25, 0.3) is 0 Å². The fraction of sp³-hybridized carbons (Fsp3) is 0.609. The zero-order valence-corrected chi connectivity index (χ0v) is 19.4. The summed E-state index contributed by atoms with van der Waals surface area (Å²) in [4.78, 5) is 29.0. The van der Waals surface area contributed by atoms with Crippen molar-refractivity contribution in [2.24, 2.45) is 22.4 Å². The van der Waals surface area contributed by atoms with Crippen molar-refractivity contribution in [3.05, 3.63) is 29.3 Å². The smallest absolute Gasteiger partial charge is 0.345 e. The highest BCUT2D eigenvalue weighted by Crippen LogP contribution is 2.23. The van der Waals surface area contributed by atoms with E-state index < -0.39 is 17.8 Å². The molecule has 1 aromatic rings. The average molecular weight is 468 g/mol. The third-order valence-corrected chi connectivity index (χ3v) is 5.69. The first-order valence-electron chi connectivity index (χ1n) is 11.3. The molecule has 0 unspecified atom stereocenters. The van der Waals surface area contributed by atoms with Crippen molar-refractivity contribution in [3.8, 4) is 5.75 Å². The van der Waals surface area contributed by atoms with Gasteiger partial charge < -0.3 is 26.4 Å². The number of urea groups is 1. The number of hydrogen-bond acceptors (Lipinski definition) is 4. The average Bonchev–Trinajstić information content (AvgIpc) is 2.76. The van der Waals surface area contributed by atoms with Crippen molar-refractivity contribution < 1.29 is 23.1 Å². The van der Waals surface area contributed by atoms with Crippen LogP contribution in [0.3, 0.4) is 0 Å². The zero-order chi connectivity index (χ0) is 24.4. The van der Waals surface area contributed by atoms with E-state index >= 15 is 0 Å². The number of aryl methyl sites for hydroxylation is 1. The van der Waals surface area contributed by atoms with Gasteiger partial charge in [0, 0.05) is 32.1 Å². The molecule has 0 aliphatic carbocycles. The zero-order valence-electron chi connectivity index (χ0n) is 19.4. The number of ether oxygens (including phenoxy) is 1. The van der Waals surface area contributed by atoms with Crippen LogP contribution in [-0.2, 0) is 0 Å². The van der Waals surface area contributed by atoms with Gasteiger partial charge in [-0.25, -0.2) is 4.79 Å². The summed E-state index contributed by atoms with van der Waals surface area (Å²) in [7, 11) is 0. The number of carbonyl (C=O) groups is 2. The van der Waals surface area contributed by atoms with Crippen molar-refractivity contribution in [1.29, 1.82) is 0 Å². The van der Waals surface area contributed by atoms with Gasteiger partial charge in [0.25, 0.3) is 5.91 Å². The molecule has 0 spiro atoms. The van der Waals surface area contributed by atoms with Crippen LogP contribution in [0.1, 0.15) is 54.9 Å². The highest BCUT2D eigenvalue weighted by atomic mass is 19.3. The molecule has 2 rings (SSSR count). The second kappa shape index (κ2) is 12.5. The van der Waals surface area contributed by atoms with Gasteiger partial charge in [-0.2, -0.15) is 13.8 Å². The van der Waals surface area contributed by atoms with Crippen LogP contribution in [-0.4, -0.2) is 61.4 Å². The summed E-state index contributed by atoms with van der Waals surface area (Å²) >= 11 is 0. The molecule has 0 aromatic heterocycles. The number of halogens is 2. The number of rotatable bonds is 10. The van der Waals surface area contributed by atoms with Gasteiger partial charge in [-0.1, -0.05) is 0 Å². The van der Waals surface area contributed by atoms with Crippen molar-refractivity contribution in [2.75, 3.05) is 32.8 Å². The van der Waals surface area contributed by atoms with Crippen LogP contribution < -0.4 is 21.5 Å². The Morgan fingerprint density at radius 3 is 2.58 bits per heavy atom. The van der Waals surface area contributed by atoms with Crippen molar-refractivity contribution >= 4 is 17.8 Å². The molecule has 1 heterocycles. The molecule has 1 aliphatic rings. The molecule has 8 nitrogen and oxygen atoms in total. The Morgan fingerprint density at radius 1 is 1.27 bits per heavy atom. The van der Waals surface area contributed by atoms with E-state index in [1.54, 1.807) is 12.1 Å². The lowest BCUT2D eigenvalue weighted by molar-refractivity contribution is 0.0951. The van der Waals surface area contributed by atoms with Crippen LogP contribution in [0.5, 0.6) is 5.75 Å². The second-order valence-electron chi connectivity index (χ2n) is 8.46. The second-order valence-corrected chi connectivity index (χ2v) is 8.46. The Labute approximate surface area is 193 Å². The molecular formula is C23H35F2N5O3. The Hall–Kier alpha value is -2.75. The van der Waals surface area contributed by atoms with Crippen molar-refractivity contribution in [1.82, 2.24) is 10.2 Å². The molecular weight excluding hydrogens is 432 g/mol. The Bertz CT molecular complexity index is 834. The fourth-order valence-corrected chi connectivity index (χ4v) is 3.63. The highest BCUT2D eigenvalue weighted by Gasteiger charge is 2.29. The largest absolute Gasteiger partial charge is 0.494 e. The van der Waals surface area contributed by atoms with Gasteiger partial charge in [0.1, 0.15) is 5.75 Å². The molecule has 0 bridgehead atoms. The number of hydrogen-bond donors (Lipinski definition) is 3. The minimum atomic E-state index is -3.30. The molecule has 184 valence electrons. The van der Waals surface area contributed by atoms with Gasteiger partial charge in [-0.3, -0.25) is 4.79 Å². The monoisotopic (exact) mass is 467 g/mol. The van der Waals surface area contributed by atoms with Gasteiger partial charge in [-0.05, 0) is 75.3 Å². The van der Waals surface area contributed by atoms with E-state index in [0.717, 1.165) is 43.4 Å². The van der Waals surface area contributed by atoms with Crippen LogP contribution in [0.4, 0.5) is 13.6 Å². The first kappa shape index (κ1) is 26.5. The molecule has 3 amide bonds. The molecule has 1 fully saturated rings. The number of amidine groups is 1. The summed E-state index contributed by atoms with van der Waals surface area (Å²) in [6, 6.07) is 4.70. The summed E-state index contributed by atoms with van der Waals surface area (Å²) in [5, 5.41) is 2.84. The quantitative estimate of drug-likeness (QED) is 0.277. The van der Waals surface area contributed by atoms with E-state index in [9.17, 15) is 18.4 Å². The number of carbonyl (C=O) groups excluding carboxylic acids is 2. The lowest BCUT2D eigenvalue weighted by Crippen LogP contribution is -2.40. The number of benzene rings is 1. The number of aliphatic imine (C=N–C) groups is 1. The predicted molar refractivity (Wildman–Crippen MR) is 124 cm³/mol. The maximum atomic E-state index is 13.1. The molecule has 0 radical (unpaired) electrons. The number of nitrogens with zero attached hydrogens (tertiary/aromatic N) is 2. The van der Waals surface area contributed by atoms with Crippen LogP contribution >= 0.6 is 0 Å². The third kappa shape index (κ3) is 8.60. The Kier molecular flexibility index (Phi) is 10.0. The summed E-state index contributed by atoms with van der Waals surface area (Å²) in [5.74, 6) is -3.22. The van der Waals surface area contributed by atoms with Crippen molar-refractivity contribution in [3.63, 3.8) is 0 Å². The third-order valence-electron chi connectivity index (χ3n) is 5.69. The normalized spacial score (nSPS) is 15.4. The van der Waals surface area contributed by atoms with Gasteiger partial charge in [0.05, 0.1) is 6.61 Å². The van der Waals surface area contributed by atoms with Crippen molar-refractivity contribution in [2.45, 2.75) is 51.9 Å². The summed E-state index contributed by atoms with van der Waals surface area (Å²) in [6.45, 7) is 5.08. The van der Waals surface area contributed by atoms with E-state index in [1.165, 1.54) is 4.90 Å². The molecule has 0 saturated carbocycles. The van der Waals surface area contributed by atoms with Gasteiger partial charge in [-0.15, -0.1) is 0 Å². The van der Waals surface area contributed by atoms with E-state index in [0.29, 0.717) is 51.2 Å². The molecule has 5 N–H and O–H groups in total. The topological polar surface area (TPSA) is 123 Å². The van der Waals surface area contributed by atoms with Crippen LogP contribution in [0, 0.1) is 12.8 Å². The van der Waals surface area contributed by atoms with Crippen LogP contribution in [0.15, 0.2) is 23.2 Å². The number of piperidine rings is 1. The van der Waals surface area contributed by atoms with E-state index in [1.807, 2.05) is 13.0 Å². The Morgan fingerprint density at radius 2 is 1.97 bits per heavy atom. The first-order valence-corrected chi connectivity index (χ1v) is 11.3. The molecule has 0 atom stereocenters. The predicted octanol–water partition coefficient (Wildman–Crippen LogP) is 3.08. The highest BCUT2D eigenvalue weighted by molar-refractivity contribution is 5.96. The maximum Gasteiger partial charge on any atom is 0.345 e. The van der Waals surface area contributed by atoms with E-state index in [4.69, 9.17) is 16.2 Å². The molecule has 10 heteroatoms.